The molecule has 0 atom stereocenters. The summed E-state index contributed by atoms with van der Waals surface area (Å²) in [5.74, 6) is 1.59. The minimum absolute atomic E-state index is 0.781. The second-order valence-corrected chi connectivity index (χ2v) is 5.32. The van der Waals surface area contributed by atoms with Gasteiger partial charge in [0.1, 0.15) is 10.4 Å². The highest BCUT2D eigenvalue weighted by atomic mass is 79.9. The average molecular weight is 360 g/mol. The molecule has 0 radical (unpaired) electrons. The van der Waals surface area contributed by atoms with E-state index in [1.165, 1.54) is 0 Å². The molecule has 2 rings (SSSR count). The Labute approximate surface area is 117 Å². The van der Waals surface area contributed by atoms with Gasteiger partial charge in [0.2, 0.25) is 0 Å². The number of hydrogen-bond donors (Lipinski definition) is 0. The summed E-state index contributed by atoms with van der Waals surface area (Å²) in [6.07, 6.45) is 0.799. The van der Waals surface area contributed by atoms with Crippen molar-refractivity contribution in [2.75, 3.05) is 0 Å². The predicted octanol–water partition coefficient (Wildman–Crippen LogP) is 3.37. The van der Waals surface area contributed by atoms with Crippen molar-refractivity contribution < 1.29 is 0 Å². The molecular formula is C11H12Br2N4. The fraction of sp³-hybridized carbons (Fsp3) is 0.364. The van der Waals surface area contributed by atoms with Crippen LogP contribution < -0.4 is 0 Å². The first-order chi connectivity index (χ1) is 8.02. The van der Waals surface area contributed by atoms with E-state index in [0.717, 1.165) is 38.5 Å². The topological polar surface area (TPSA) is 43.6 Å². The maximum Gasteiger partial charge on any atom is 0.158 e. The van der Waals surface area contributed by atoms with E-state index in [1.54, 1.807) is 0 Å². The maximum atomic E-state index is 4.48. The van der Waals surface area contributed by atoms with E-state index in [1.807, 2.05) is 31.5 Å². The van der Waals surface area contributed by atoms with Crippen molar-refractivity contribution in [2.45, 2.75) is 27.2 Å². The van der Waals surface area contributed by atoms with Gasteiger partial charge < -0.3 is 0 Å². The minimum Gasteiger partial charge on any atom is -0.226 e. The summed E-state index contributed by atoms with van der Waals surface area (Å²) in [5, 5.41) is 4.46. The van der Waals surface area contributed by atoms with Gasteiger partial charge in [-0.3, -0.25) is 0 Å². The monoisotopic (exact) mass is 358 g/mol. The van der Waals surface area contributed by atoms with Gasteiger partial charge in [-0.2, -0.15) is 5.10 Å². The molecule has 0 bridgehead atoms. The largest absolute Gasteiger partial charge is 0.226 e. The van der Waals surface area contributed by atoms with Gasteiger partial charge in [0.05, 0.1) is 15.9 Å². The van der Waals surface area contributed by atoms with Crippen molar-refractivity contribution in [3.05, 3.63) is 32.4 Å². The fourth-order valence-electron chi connectivity index (χ4n) is 1.56. The zero-order valence-electron chi connectivity index (χ0n) is 9.83. The summed E-state index contributed by atoms with van der Waals surface area (Å²) in [4.78, 5) is 8.77. The van der Waals surface area contributed by atoms with E-state index in [0.29, 0.717) is 0 Å². The molecule has 0 N–H and O–H groups in total. The number of rotatable bonds is 2. The van der Waals surface area contributed by atoms with Gasteiger partial charge >= 0.3 is 0 Å². The molecule has 0 saturated heterocycles. The zero-order chi connectivity index (χ0) is 12.6. The molecule has 90 valence electrons. The first kappa shape index (κ1) is 12.7. The van der Waals surface area contributed by atoms with E-state index >= 15 is 0 Å². The standard InChI is InChI=1S/C11H12Br2N4/c1-4-9-14-8(12)5-10(15-9)17-7(3)11(13)6(2)16-17/h5H,4H2,1-3H3. The summed E-state index contributed by atoms with van der Waals surface area (Å²) in [6, 6.07) is 1.87. The number of aryl methyl sites for hydroxylation is 2. The molecule has 6 heteroatoms. The number of nitrogens with zero attached hydrogens (tertiary/aromatic N) is 4. The normalized spacial score (nSPS) is 10.9. The van der Waals surface area contributed by atoms with Crippen molar-refractivity contribution >= 4 is 31.9 Å². The van der Waals surface area contributed by atoms with Crippen molar-refractivity contribution in [1.82, 2.24) is 19.7 Å². The van der Waals surface area contributed by atoms with E-state index in [2.05, 4.69) is 46.9 Å². The highest BCUT2D eigenvalue weighted by Crippen LogP contribution is 2.23. The summed E-state index contributed by atoms with van der Waals surface area (Å²) in [6.45, 7) is 6.00. The van der Waals surface area contributed by atoms with Crippen LogP contribution in [0.5, 0.6) is 0 Å². The first-order valence-corrected chi connectivity index (χ1v) is 6.87. The molecular weight excluding hydrogens is 348 g/mol. The molecule has 0 spiro atoms. The lowest BCUT2D eigenvalue weighted by atomic mass is 10.4. The first-order valence-electron chi connectivity index (χ1n) is 5.28. The smallest absolute Gasteiger partial charge is 0.158 e. The predicted molar refractivity (Wildman–Crippen MR) is 73.4 cm³/mol. The third-order valence-corrected chi connectivity index (χ3v) is 4.02. The molecule has 0 fully saturated rings. The third kappa shape index (κ3) is 2.42. The number of halogens is 2. The second kappa shape index (κ2) is 4.86. The SMILES string of the molecule is CCc1nc(Br)cc(-n2nc(C)c(Br)c2C)n1. The van der Waals surface area contributed by atoms with Crippen LogP contribution in [0.4, 0.5) is 0 Å². The Kier molecular flexibility index (Phi) is 3.63. The van der Waals surface area contributed by atoms with Gasteiger partial charge in [-0.05, 0) is 45.7 Å². The van der Waals surface area contributed by atoms with Gasteiger partial charge in [-0.1, -0.05) is 6.92 Å². The quantitative estimate of drug-likeness (QED) is 0.772. The van der Waals surface area contributed by atoms with Gasteiger partial charge in [0.15, 0.2) is 5.82 Å². The van der Waals surface area contributed by atoms with Crippen LogP contribution in [0.1, 0.15) is 24.1 Å². The molecule has 4 nitrogen and oxygen atoms in total. The Morgan fingerprint density at radius 2 is 1.94 bits per heavy atom. The highest BCUT2D eigenvalue weighted by Gasteiger charge is 2.12. The molecule has 2 aromatic heterocycles. The Morgan fingerprint density at radius 3 is 2.47 bits per heavy atom. The Bertz CT molecular complexity index is 563. The Balaban J connectivity index is 2.59. The lowest BCUT2D eigenvalue weighted by molar-refractivity contribution is 0.779. The van der Waals surface area contributed by atoms with Crippen molar-refractivity contribution in [3.63, 3.8) is 0 Å². The van der Waals surface area contributed by atoms with Crippen LogP contribution in [0.2, 0.25) is 0 Å². The van der Waals surface area contributed by atoms with E-state index < -0.39 is 0 Å². The molecule has 0 aliphatic heterocycles. The fourth-order valence-corrected chi connectivity index (χ4v) is 2.22. The van der Waals surface area contributed by atoms with E-state index in [4.69, 9.17) is 0 Å². The molecule has 0 unspecified atom stereocenters. The molecule has 0 aromatic carbocycles. The Hall–Kier alpha value is -0.750. The molecule has 17 heavy (non-hydrogen) atoms. The molecule has 2 aromatic rings. The van der Waals surface area contributed by atoms with Crippen molar-refractivity contribution in [2.24, 2.45) is 0 Å². The van der Waals surface area contributed by atoms with Crippen LogP contribution in [-0.4, -0.2) is 19.7 Å². The van der Waals surface area contributed by atoms with Crippen LogP contribution in [0, 0.1) is 13.8 Å². The van der Waals surface area contributed by atoms with Crippen LogP contribution in [-0.2, 0) is 6.42 Å². The summed E-state index contributed by atoms with van der Waals surface area (Å²) < 4.78 is 3.62. The average Bonchev–Trinajstić information content (AvgIpc) is 2.56. The maximum absolute atomic E-state index is 4.48. The summed E-state index contributed by atoms with van der Waals surface area (Å²) in [5.41, 5.74) is 1.99. The van der Waals surface area contributed by atoms with Crippen LogP contribution in [0.3, 0.4) is 0 Å². The van der Waals surface area contributed by atoms with E-state index in [9.17, 15) is 0 Å². The lowest BCUT2D eigenvalue weighted by Crippen LogP contribution is -2.05. The molecule has 2 heterocycles. The number of hydrogen-bond acceptors (Lipinski definition) is 3. The molecule has 0 aliphatic rings. The van der Waals surface area contributed by atoms with E-state index in [-0.39, 0.29) is 0 Å². The van der Waals surface area contributed by atoms with Crippen LogP contribution in [0.25, 0.3) is 5.82 Å². The minimum atomic E-state index is 0.781. The Morgan fingerprint density at radius 1 is 1.24 bits per heavy atom. The lowest BCUT2D eigenvalue weighted by Gasteiger charge is -2.05. The van der Waals surface area contributed by atoms with Gasteiger partial charge in [0.25, 0.3) is 0 Å². The third-order valence-electron chi connectivity index (χ3n) is 2.46. The zero-order valence-corrected chi connectivity index (χ0v) is 13.0. The van der Waals surface area contributed by atoms with Gasteiger partial charge in [0, 0.05) is 12.5 Å². The summed E-state index contributed by atoms with van der Waals surface area (Å²) >= 11 is 6.91. The van der Waals surface area contributed by atoms with Gasteiger partial charge in [-0.25, -0.2) is 14.6 Å². The van der Waals surface area contributed by atoms with Crippen LogP contribution >= 0.6 is 31.9 Å². The number of aromatic nitrogens is 4. The van der Waals surface area contributed by atoms with Crippen LogP contribution in [0.15, 0.2) is 15.1 Å². The second-order valence-electron chi connectivity index (χ2n) is 3.72. The molecule has 0 saturated carbocycles. The molecule has 0 amide bonds. The van der Waals surface area contributed by atoms with Crippen molar-refractivity contribution in [1.29, 1.82) is 0 Å². The van der Waals surface area contributed by atoms with Crippen molar-refractivity contribution in [3.8, 4) is 5.82 Å². The van der Waals surface area contributed by atoms with Gasteiger partial charge in [-0.15, -0.1) is 0 Å². The molecule has 0 aliphatic carbocycles. The summed E-state index contributed by atoms with van der Waals surface area (Å²) in [7, 11) is 0. The highest BCUT2D eigenvalue weighted by molar-refractivity contribution is 9.10.